The van der Waals surface area contributed by atoms with E-state index < -0.39 is 0 Å². The van der Waals surface area contributed by atoms with Crippen LogP contribution in [0.15, 0.2) is 12.2 Å². The summed E-state index contributed by atoms with van der Waals surface area (Å²) < 4.78 is 5.61. The second-order valence-electron chi connectivity index (χ2n) is 3.22. The highest BCUT2D eigenvalue weighted by atomic mass is 16.5. The molecule has 1 aliphatic heterocycles. The predicted octanol–water partition coefficient (Wildman–Crippen LogP) is 2.38. The van der Waals surface area contributed by atoms with E-state index in [4.69, 9.17) is 4.74 Å². The van der Waals surface area contributed by atoms with Gasteiger partial charge >= 0.3 is 0 Å². The molecule has 0 bridgehead atoms. The van der Waals surface area contributed by atoms with E-state index in [0.29, 0.717) is 5.92 Å². The molecule has 0 aromatic carbocycles. The Morgan fingerprint density at radius 1 is 1.60 bits per heavy atom. The average molecular weight is 140 g/mol. The number of allylic oxidation sites excluding steroid dienone is 1. The normalized spacial score (nSPS) is 41.3. The second kappa shape index (κ2) is 2.75. The van der Waals surface area contributed by atoms with Crippen molar-refractivity contribution in [3.63, 3.8) is 0 Å². The Bertz CT molecular complexity index is 140. The zero-order valence-electron chi connectivity index (χ0n) is 7.05. The second-order valence-corrected chi connectivity index (χ2v) is 3.22. The first-order valence-electron chi connectivity index (χ1n) is 3.97. The summed E-state index contributed by atoms with van der Waals surface area (Å²) in [6.07, 6.45) is 5.42. The molecule has 0 aromatic rings. The number of hydrogen-bond acceptors (Lipinski definition) is 1. The van der Waals surface area contributed by atoms with Gasteiger partial charge in [-0.2, -0.15) is 0 Å². The van der Waals surface area contributed by atoms with Crippen molar-refractivity contribution in [1.82, 2.24) is 0 Å². The monoisotopic (exact) mass is 140 g/mol. The zero-order valence-corrected chi connectivity index (χ0v) is 7.05. The first-order valence-corrected chi connectivity index (χ1v) is 3.97. The lowest BCUT2D eigenvalue weighted by Crippen LogP contribution is -2.26. The van der Waals surface area contributed by atoms with Gasteiger partial charge in [-0.05, 0) is 26.2 Å². The molecule has 1 saturated heterocycles. The summed E-state index contributed by atoms with van der Waals surface area (Å²) in [5.41, 5.74) is 0.0226. The quantitative estimate of drug-likeness (QED) is 0.508. The summed E-state index contributed by atoms with van der Waals surface area (Å²) >= 11 is 0. The molecule has 0 saturated carbocycles. The van der Waals surface area contributed by atoms with E-state index in [1.807, 2.05) is 6.92 Å². The first-order chi connectivity index (χ1) is 4.69. The molecule has 1 fully saturated rings. The lowest BCUT2D eigenvalue weighted by Gasteiger charge is -2.23. The molecule has 0 aliphatic carbocycles. The molecule has 10 heavy (non-hydrogen) atoms. The van der Waals surface area contributed by atoms with Gasteiger partial charge in [-0.1, -0.05) is 19.1 Å². The Morgan fingerprint density at radius 3 is 2.70 bits per heavy atom. The van der Waals surface area contributed by atoms with E-state index in [2.05, 4.69) is 26.0 Å². The zero-order chi connectivity index (χ0) is 7.61. The fourth-order valence-electron chi connectivity index (χ4n) is 1.43. The summed E-state index contributed by atoms with van der Waals surface area (Å²) in [5.74, 6) is 0.670. The molecule has 0 aromatic heterocycles. The Kier molecular flexibility index (Phi) is 2.14. The van der Waals surface area contributed by atoms with E-state index in [0.717, 1.165) is 6.61 Å². The molecule has 1 nitrogen and oxygen atoms in total. The Labute approximate surface area is 63.1 Å². The van der Waals surface area contributed by atoms with Crippen LogP contribution >= 0.6 is 0 Å². The average Bonchev–Trinajstić information content (AvgIpc) is 2.15. The largest absolute Gasteiger partial charge is 0.371 e. The fourth-order valence-corrected chi connectivity index (χ4v) is 1.43. The van der Waals surface area contributed by atoms with Gasteiger partial charge < -0.3 is 4.74 Å². The maximum atomic E-state index is 5.61. The van der Waals surface area contributed by atoms with Crippen LogP contribution in [-0.4, -0.2) is 12.2 Å². The van der Waals surface area contributed by atoms with Crippen molar-refractivity contribution in [3.05, 3.63) is 12.2 Å². The summed E-state index contributed by atoms with van der Waals surface area (Å²) in [5, 5.41) is 0. The third-order valence-electron chi connectivity index (χ3n) is 2.44. The topological polar surface area (TPSA) is 9.23 Å². The smallest absolute Gasteiger partial charge is 0.0860 e. The summed E-state index contributed by atoms with van der Waals surface area (Å²) in [6.45, 7) is 7.36. The summed E-state index contributed by atoms with van der Waals surface area (Å²) in [7, 11) is 0. The minimum absolute atomic E-state index is 0.0226. The highest BCUT2D eigenvalue weighted by Crippen LogP contribution is 2.32. The van der Waals surface area contributed by atoms with Gasteiger partial charge in [0.05, 0.1) is 5.60 Å². The molecule has 1 heterocycles. The number of rotatable bonds is 1. The molecule has 0 spiro atoms. The molecule has 1 heteroatoms. The van der Waals surface area contributed by atoms with E-state index in [9.17, 15) is 0 Å². The molecule has 2 atom stereocenters. The van der Waals surface area contributed by atoms with Crippen molar-refractivity contribution in [3.8, 4) is 0 Å². The fraction of sp³-hybridized carbons (Fsp3) is 0.778. The van der Waals surface area contributed by atoms with Gasteiger partial charge in [0.15, 0.2) is 0 Å². The highest BCUT2D eigenvalue weighted by Gasteiger charge is 2.33. The molecule has 58 valence electrons. The molecule has 1 aliphatic rings. The van der Waals surface area contributed by atoms with Gasteiger partial charge in [0, 0.05) is 6.61 Å². The number of ether oxygens (including phenoxy) is 1. The summed E-state index contributed by atoms with van der Waals surface area (Å²) in [4.78, 5) is 0. The highest BCUT2D eigenvalue weighted by molar-refractivity contribution is 5.03. The maximum Gasteiger partial charge on any atom is 0.0860 e. The van der Waals surface area contributed by atoms with Crippen molar-refractivity contribution in [2.75, 3.05) is 6.61 Å². The predicted molar refractivity (Wildman–Crippen MR) is 43.0 cm³/mol. The van der Waals surface area contributed by atoms with Crippen molar-refractivity contribution in [2.45, 2.75) is 32.8 Å². The maximum absolute atomic E-state index is 5.61. The Morgan fingerprint density at radius 2 is 2.30 bits per heavy atom. The molecule has 0 radical (unpaired) electrons. The standard InChI is InChI=1S/C9H16O/c1-4-6-9(3)8(2)5-7-10-9/h4,6,8H,5,7H2,1-3H3/b6-4+/t8-,9-/m1/s1. The van der Waals surface area contributed by atoms with E-state index in [-0.39, 0.29) is 5.60 Å². The van der Waals surface area contributed by atoms with E-state index in [1.165, 1.54) is 6.42 Å². The van der Waals surface area contributed by atoms with E-state index >= 15 is 0 Å². The van der Waals surface area contributed by atoms with Gasteiger partial charge in [-0.25, -0.2) is 0 Å². The van der Waals surface area contributed by atoms with Crippen LogP contribution in [-0.2, 0) is 4.74 Å². The van der Waals surface area contributed by atoms with Gasteiger partial charge in [-0.3, -0.25) is 0 Å². The molecule has 0 amide bonds. The Hall–Kier alpha value is -0.300. The molecule has 0 unspecified atom stereocenters. The Balaban J connectivity index is 2.65. The third-order valence-corrected chi connectivity index (χ3v) is 2.44. The minimum atomic E-state index is 0.0226. The van der Waals surface area contributed by atoms with Crippen LogP contribution in [0, 0.1) is 5.92 Å². The number of hydrogen-bond donors (Lipinski definition) is 0. The molecular weight excluding hydrogens is 124 g/mol. The van der Waals surface area contributed by atoms with Crippen LogP contribution in [0.25, 0.3) is 0 Å². The summed E-state index contributed by atoms with van der Waals surface area (Å²) in [6, 6.07) is 0. The molecular formula is C9H16O. The van der Waals surface area contributed by atoms with Crippen molar-refractivity contribution >= 4 is 0 Å². The van der Waals surface area contributed by atoms with Crippen molar-refractivity contribution in [2.24, 2.45) is 5.92 Å². The van der Waals surface area contributed by atoms with Crippen LogP contribution in [0.3, 0.4) is 0 Å². The van der Waals surface area contributed by atoms with Crippen molar-refractivity contribution in [1.29, 1.82) is 0 Å². The molecule has 1 rings (SSSR count). The lowest BCUT2D eigenvalue weighted by atomic mass is 9.91. The van der Waals surface area contributed by atoms with Crippen LogP contribution in [0.5, 0.6) is 0 Å². The van der Waals surface area contributed by atoms with E-state index in [1.54, 1.807) is 0 Å². The van der Waals surface area contributed by atoms with Crippen LogP contribution in [0.2, 0.25) is 0 Å². The molecule has 0 N–H and O–H groups in total. The third kappa shape index (κ3) is 1.24. The van der Waals surface area contributed by atoms with Crippen LogP contribution < -0.4 is 0 Å². The first kappa shape index (κ1) is 7.80. The van der Waals surface area contributed by atoms with Gasteiger partial charge in [0.25, 0.3) is 0 Å². The van der Waals surface area contributed by atoms with Gasteiger partial charge in [0.2, 0.25) is 0 Å². The lowest BCUT2D eigenvalue weighted by molar-refractivity contribution is 0.0410. The van der Waals surface area contributed by atoms with Gasteiger partial charge in [-0.15, -0.1) is 0 Å². The van der Waals surface area contributed by atoms with Crippen LogP contribution in [0.4, 0.5) is 0 Å². The van der Waals surface area contributed by atoms with Crippen LogP contribution in [0.1, 0.15) is 27.2 Å². The SMILES string of the molecule is C/C=C/[C@@]1(C)OCC[C@H]1C. The van der Waals surface area contributed by atoms with Crippen molar-refractivity contribution < 1.29 is 4.74 Å². The minimum Gasteiger partial charge on any atom is -0.371 e. The van der Waals surface area contributed by atoms with Gasteiger partial charge in [0.1, 0.15) is 0 Å².